The van der Waals surface area contributed by atoms with Gasteiger partial charge >= 0.3 is 0 Å². The molecule has 0 amide bonds. The van der Waals surface area contributed by atoms with E-state index in [1.807, 2.05) is 18.2 Å². The van der Waals surface area contributed by atoms with Crippen molar-refractivity contribution in [3.63, 3.8) is 0 Å². The first-order valence-electron chi connectivity index (χ1n) is 6.22. The van der Waals surface area contributed by atoms with E-state index >= 15 is 0 Å². The number of nitrogens with two attached hydrogens (primary N) is 1. The molecule has 1 aromatic rings. The van der Waals surface area contributed by atoms with E-state index in [2.05, 4.69) is 17.6 Å². The minimum Gasteiger partial charge on any atom is -0.271 e. The first-order valence-corrected chi connectivity index (χ1v) is 6.59. The van der Waals surface area contributed by atoms with Crippen LogP contribution in [0.25, 0.3) is 0 Å². The fourth-order valence-electron chi connectivity index (χ4n) is 2.41. The fraction of sp³-hybridized carbons (Fsp3) is 0.429. The van der Waals surface area contributed by atoms with Crippen molar-refractivity contribution in [2.24, 2.45) is 5.84 Å². The molecular weight excluding hydrogens is 232 g/mol. The summed E-state index contributed by atoms with van der Waals surface area (Å²) in [6.45, 7) is 0. The van der Waals surface area contributed by atoms with Crippen molar-refractivity contribution in [2.75, 3.05) is 0 Å². The third kappa shape index (κ3) is 3.32. The van der Waals surface area contributed by atoms with E-state index in [1.165, 1.54) is 24.8 Å². The van der Waals surface area contributed by atoms with Crippen LogP contribution in [-0.2, 0) is 0 Å². The first kappa shape index (κ1) is 12.6. The second-order valence-corrected chi connectivity index (χ2v) is 4.97. The van der Waals surface area contributed by atoms with Crippen LogP contribution in [-0.4, -0.2) is 0 Å². The molecule has 17 heavy (non-hydrogen) atoms. The van der Waals surface area contributed by atoms with Gasteiger partial charge in [0, 0.05) is 5.02 Å². The summed E-state index contributed by atoms with van der Waals surface area (Å²) in [6, 6.07) is 8.02. The first-order chi connectivity index (χ1) is 8.31. The average Bonchev–Trinajstić information content (AvgIpc) is 2.59. The van der Waals surface area contributed by atoms with Crippen LogP contribution in [0.2, 0.25) is 5.02 Å². The molecule has 0 radical (unpaired) electrons. The molecule has 1 aromatic carbocycles. The Bertz CT molecular complexity index is 401. The minimum atomic E-state index is 0.104. The largest absolute Gasteiger partial charge is 0.271 e. The Morgan fingerprint density at radius 3 is 2.88 bits per heavy atom. The van der Waals surface area contributed by atoms with Crippen LogP contribution in [0.4, 0.5) is 0 Å². The van der Waals surface area contributed by atoms with Crippen LogP contribution in [0.1, 0.15) is 43.7 Å². The zero-order chi connectivity index (χ0) is 12.1. The summed E-state index contributed by atoms with van der Waals surface area (Å²) < 4.78 is 0. The van der Waals surface area contributed by atoms with Crippen molar-refractivity contribution in [1.82, 2.24) is 5.43 Å². The Morgan fingerprint density at radius 2 is 2.12 bits per heavy atom. The number of nitrogens with one attached hydrogen (secondary N) is 1. The molecule has 0 saturated heterocycles. The van der Waals surface area contributed by atoms with Crippen molar-refractivity contribution in [2.45, 2.75) is 38.1 Å². The van der Waals surface area contributed by atoms with Crippen molar-refractivity contribution in [3.05, 3.63) is 46.5 Å². The van der Waals surface area contributed by atoms with Crippen LogP contribution in [0.3, 0.4) is 0 Å². The standard InChI is InChI=1S/C14H19ClN2/c15-13-9-5-8-12(10-13)14(17-16)11-6-3-1-2-4-7-11/h5-6,8-10,14,17H,1-4,7,16H2. The van der Waals surface area contributed by atoms with Gasteiger partial charge in [-0.2, -0.15) is 0 Å². The molecule has 0 aromatic heterocycles. The number of benzene rings is 1. The molecule has 0 spiro atoms. The van der Waals surface area contributed by atoms with Crippen LogP contribution in [0.15, 0.2) is 35.9 Å². The van der Waals surface area contributed by atoms with Gasteiger partial charge in [0.05, 0.1) is 6.04 Å². The van der Waals surface area contributed by atoms with Crippen LogP contribution in [0, 0.1) is 0 Å². The van der Waals surface area contributed by atoms with E-state index in [-0.39, 0.29) is 6.04 Å². The number of rotatable bonds is 3. The van der Waals surface area contributed by atoms with Crippen LogP contribution >= 0.6 is 11.6 Å². The second kappa shape index (κ2) is 6.20. The molecule has 92 valence electrons. The number of allylic oxidation sites excluding steroid dienone is 1. The average molecular weight is 251 g/mol. The van der Waals surface area contributed by atoms with Crippen LogP contribution in [0.5, 0.6) is 0 Å². The molecular formula is C14H19ClN2. The Balaban J connectivity index is 2.23. The third-order valence-corrected chi connectivity index (χ3v) is 3.53. The van der Waals surface area contributed by atoms with Gasteiger partial charge in [0.2, 0.25) is 0 Å². The molecule has 0 bridgehead atoms. The molecule has 0 heterocycles. The lowest BCUT2D eigenvalue weighted by molar-refractivity contribution is 0.593. The van der Waals surface area contributed by atoms with E-state index in [9.17, 15) is 0 Å². The predicted molar refractivity (Wildman–Crippen MR) is 72.7 cm³/mol. The topological polar surface area (TPSA) is 38.0 Å². The molecule has 2 rings (SSSR count). The summed E-state index contributed by atoms with van der Waals surface area (Å²) >= 11 is 6.03. The maximum atomic E-state index is 6.03. The summed E-state index contributed by atoms with van der Waals surface area (Å²) in [4.78, 5) is 0. The lowest BCUT2D eigenvalue weighted by atomic mass is 9.96. The van der Waals surface area contributed by atoms with Crippen molar-refractivity contribution in [1.29, 1.82) is 0 Å². The van der Waals surface area contributed by atoms with Gasteiger partial charge < -0.3 is 0 Å². The molecule has 1 aliphatic carbocycles. The van der Waals surface area contributed by atoms with E-state index in [1.54, 1.807) is 0 Å². The van der Waals surface area contributed by atoms with Gasteiger partial charge in [-0.15, -0.1) is 0 Å². The second-order valence-electron chi connectivity index (χ2n) is 4.53. The maximum Gasteiger partial charge on any atom is 0.0670 e. The summed E-state index contributed by atoms with van der Waals surface area (Å²) in [6.07, 6.45) is 8.47. The van der Waals surface area contributed by atoms with Gasteiger partial charge in [0.25, 0.3) is 0 Å². The highest BCUT2D eigenvalue weighted by Crippen LogP contribution is 2.29. The van der Waals surface area contributed by atoms with Crippen molar-refractivity contribution < 1.29 is 0 Å². The Kier molecular flexibility index (Phi) is 4.60. The molecule has 0 saturated carbocycles. The maximum absolute atomic E-state index is 6.03. The lowest BCUT2D eigenvalue weighted by Gasteiger charge is -2.20. The summed E-state index contributed by atoms with van der Waals surface area (Å²) in [5.74, 6) is 5.70. The molecule has 3 heteroatoms. The van der Waals surface area contributed by atoms with E-state index in [0.717, 1.165) is 23.4 Å². The lowest BCUT2D eigenvalue weighted by Crippen LogP contribution is -2.29. The molecule has 1 unspecified atom stereocenters. The highest BCUT2D eigenvalue weighted by Gasteiger charge is 2.16. The number of hydrogen-bond acceptors (Lipinski definition) is 2. The van der Waals surface area contributed by atoms with Gasteiger partial charge in [-0.05, 0) is 43.4 Å². The van der Waals surface area contributed by atoms with Gasteiger partial charge in [-0.3, -0.25) is 5.84 Å². The third-order valence-electron chi connectivity index (χ3n) is 3.30. The summed E-state index contributed by atoms with van der Waals surface area (Å²) in [5.41, 5.74) is 5.46. The van der Waals surface area contributed by atoms with E-state index in [0.29, 0.717) is 0 Å². The van der Waals surface area contributed by atoms with Crippen molar-refractivity contribution in [3.8, 4) is 0 Å². The monoisotopic (exact) mass is 250 g/mol. The van der Waals surface area contributed by atoms with Crippen molar-refractivity contribution >= 4 is 11.6 Å². The van der Waals surface area contributed by atoms with Gasteiger partial charge in [0.1, 0.15) is 0 Å². The molecule has 2 nitrogen and oxygen atoms in total. The Hall–Kier alpha value is -0.830. The molecule has 3 N–H and O–H groups in total. The van der Waals surface area contributed by atoms with E-state index < -0.39 is 0 Å². The molecule has 1 atom stereocenters. The molecule has 0 aliphatic heterocycles. The van der Waals surface area contributed by atoms with Gasteiger partial charge in [0.15, 0.2) is 0 Å². The predicted octanol–water partition coefficient (Wildman–Crippen LogP) is 3.73. The highest BCUT2D eigenvalue weighted by molar-refractivity contribution is 6.30. The quantitative estimate of drug-likeness (QED) is 0.487. The zero-order valence-electron chi connectivity index (χ0n) is 9.95. The van der Waals surface area contributed by atoms with E-state index in [4.69, 9.17) is 17.4 Å². The number of halogens is 1. The normalized spacial score (nSPS) is 18.4. The molecule has 0 fully saturated rings. The smallest absolute Gasteiger partial charge is 0.0670 e. The van der Waals surface area contributed by atoms with Gasteiger partial charge in [-0.25, -0.2) is 5.43 Å². The minimum absolute atomic E-state index is 0.104. The SMILES string of the molecule is NNC(C1=CCCCCC1)c1cccc(Cl)c1. The van der Waals surface area contributed by atoms with Crippen LogP contribution < -0.4 is 11.3 Å². The molecule has 1 aliphatic rings. The Morgan fingerprint density at radius 1 is 1.24 bits per heavy atom. The van der Waals surface area contributed by atoms with Gasteiger partial charge in [-0.1, -0.05) is 41.8 Å². The summed E-state index contributed by atoms with van der Waals surface area (Å²) in [5, 5.41) is 0.761. The fourth-order valence-corrected chi connectivity index (χ4v) is 2.60. The zero-order valence-corrected chi connectivity index (χ0v) is 10.7. The highest BCUT2D eigenvalue weighted by atomic mass is 35.5. The Labute approximate surface area is 108 Å². The number of hydrazine groups is 1. The number of hydrogen-bond donors (Lipinski definition) is 2. The summed E-state index contributed by atoms with van der Waals surface area (Å²) in [7, 11) is 0.